The molecule has 0 aliphatic heterocycles. The molecular weight excluding hydrogens is 364 g/mol. The van der Waals surface area contributed by atoms with Gasteiger partial charge in [-0.3, -0.25) is 4.72 Å². The highest BCUT2D eigenvalue weighted by Crippen LogP contribution is 2.23. The van der Waals surface area contributed by atoms with Crippen molar-refractivity contribution < 1.29 is 8.42 Å². The molecular formula is C13H12BrClN2O2S. The van der Waals surface area contributed by atoms with Crippen molar-refractivity contribution in [3.63, 3.8) is 0 Å². The van der Waals surface area contributed by atoms with Crippen molar-refractivity contribution >= 4 is 43.2 Å². The molecule has 4 nitrogen and oxygen atoms in total. The summed E-state index contributed by atoms with van der Waals surface area (Å²) >= 11 is 9.21. The van der Waals surface area contributed by atoms with Gasteiger partial charge in [-0.15, -0.1) is 0 Å². The van der Waals surface area contributed by atoms with Gasteiger partial charge in [-0.2, -0.15) is 0 Å². The van der Waals surface area contributed by atoms with Gasteiger partial charge in [-0.25, -0.2) is 13.4 Å². The standard InChI is InChI=1S/C13H12BrClN2O2S/c1-9-6-12(13(15)16-8-9)17-20(18,19)11-4-2-10(7-14)3-5-11/h2-6,8,17H,7H2,1H3. The Bertz CT molecular complexity index is 718. The van der Waals surface area contributed by atoms with Crippen LogP contribution in [0.3, 0.4) is 0 Å². The average Bonchev–Trinajstić information content (AvgIpc) is 2.43. The van der Waals surface area contributed by atoms with Gasteiger partial charge in [0.05, 0.1) is 10.6 Å². The van der Waals surface area contributed by atoms with E-state index in [-0.39, 0.29) is 15.7 Å². The predicted molar refractivity (Wildman–Crippen MR) is 83.9 cm³/mol. The van der Waals surface area contributed by atoms with Crippen LogP contribution in [0.4, 0.5) is 5.69 Å². The second-order valence-corrected chi connectivity index (χ2v) is 6.84. The molecule has 0 amide bonds. The van der Waals surface area contributed by atoms with Crippen molar-refractivity contribution in [3.05, 3.63) is 52.8 Å². The number of rotatable bonds is 4. The molecule has 0 unspecified atom stereocenters. The summed E-state index contributed by atoms with van der Waals surface area (Å²) in [6.45, 7) is 1.81. The molecule has 0 aliphatic carbocycles. The Hall–Kier alpha value is -1.11. The summed E-state index contributed by atoms with van der Waals surface area (Å²) in [5.74, 6) is 0. The van der Waals surface area contributed by atoms with Gasteiger partial charge in [0.15, 0.2) is 5.15 Å². The highest BCUT2D eigenvalue weighted by molar-refractivity contribution is 9.08. The van der Waals surface area contributed by atoms with Crippen molar-refractivity contribution in [1.82, 2.24) is 4.98 Å². The quantitative estimate of drug-likeness (QED) is 0.654. The fourth-order valence-corrected chi connectivity index (χ4v) is 3.22. The number of hydrogen-bond donors (Lipinski definition) is 1. The van der Waals surface area contributed by atoms with Crippen LogP contribution in [0.15, 0.2) is 41.4 Å². The van der Waals surface area contributed by atoms with E-state index in [9.17, 15) is 8.42 Å². The normalized spacial score (nSPS) is 11.3. The number of aryl methyl sites for hydroxylation is 1. The van der Waals surface area contributed by atoms with Gasteiger partial charge in [-0.1, -0.05) is 39.7 Å². The number of sulfonamides is 1. The number of hydrogen-bond acceptors (Lipinski definition) is 3. The first-order valence-electron chi connectivity index (χ1n) is 5.72. The van der Waals surface area contributed by atoms with E-state index in [0.29, 0.717) is 5.33 Å². The maximum atomic E-state index is 12.3. The molecule has 0 radical (unpaired) electrons. The summed E-state index contributed by atoms with van der Waals surface area (Å²) in [4.78, 5) is 4.10. The summed E-state index contributed by atoms with van der Waals surface area (Å²) in [6, 6.07) is 8.24. The zero-order chi connectivity index (χ0) is 14.8. The average molecular weight is 376 g/mol. The predicted octanol–water partition coefficient (Wildman–Crippen LogP) is 3.74. The summed E-state index contributed by atoms with van der Waals surface area (Å²) in [5.41, 5.74) is 2.09. The lowest BCUT2D eigenvalue weighted by Gasteiger charge is -2.10. The number of pyridine rings is 1. The first-order valence-corrected chi connectivity index (χ1v) is 8.70. The summed E-state index contributed by atoms with van der Waals surface area (Å²) in [7, 11) is -3.67. The van der Waals surface area contributed by atoms with Gasteiger partial charge in [0, 0.05) is 11.5 Å². The van der Waals surface area contributed by atoms with Crippen LogP contribution in [0.2, 0.25) is 5.15 Å². The lowest BCUT2D eigenvalue weighted by Crippen LogP contribution is -2.13. The van der Waals surface area contributed by atoms with E-state index in [1.54, 1.807) is 36.5 Å². The van der Waals surface area contributed by atoms with Gasteiger partial charge in [-0.05, 0) is 36.2 Å². The first kappa shape index (κ1) is 15.3. The van der Waals surface area contributed by atoms with Crippen LogP contribution in [0, 0.1) is 6.92 Å². The summed E-state index contributed by atoms with van der Waals surface area (Å²) < 4.78 is 27.0. The number of anilines is 1. The lowest BCUT2D eigenvalue weighted by atomic mass is 10.2. The molecule has 0 aliphatic rings. The van der Waals surface area contributed by atoms with Crippen molar-refractivity contribution in [2.75, 3.05) is 4.72 Å². The lowest BCUT2D eigenvalue weighted by molar-refractivity contribution is 0.601. The Balaban J connectivity index is 2.32. The van der Waals surface area contributed by atoms with Crippen LogP contribution >= 0.6 is 27.5 Å². The second-order valence-electron chi connectivity index (χ2n) is 4.23. The molecule has 2 aromatic rings. The van der Waals surface area contributed by atoms with E-state index in [2.05, 4.69) is 25.6 Å². The van der Waals surface area contributed by atoms with Crippen LogP contribution in [0.25, 0.3) is 0 Å². The van der Waals surface area contributed by atoms with Crippen molar-refractivity contribution in [2.24, 2.45) is 0 Å². The number of nitrogens with zero attached hydrogens (tertiary/aromatic N) is 1. The van der Waals surface area contributed by atoms with Gasteiger partial charge < -0.3 is 0 Å². The van der Waals surface area contributed by atoms with Gasteiger partial charge in [0.2, 0.25) is 0 Å². The van der Waals surface area contributed by atoms with E-state index in [0.717, 1.165) is 11.1 Å². The van der Waals surface area contributed by atoms with E-state index in [4.69, 9.17) is 11.6 Å². The molecule has 0 atom stereocenters. The minimum absolute atomic E-state index is 0.122. The largest absolute Gasteiger partial charge is 0.276 e. The molecule has 20 heavy (non-hydrogen) atoms. The molecule has 1 aromatic carbocycles. The van der Waals surface area contributed by atoms with E-state index >= 15 is 0 Å². The van der Waals surface area contributed by atoms with Crippen LogP contribution < -0.4 is 4.72 Å². The van der Waals surface area contributed by atoms with Gasteiger partial charge in [0.1, 0.15) is 0 Å². The summed E-state index contributed by atoms with van der Waals surface area (Å²) in [5, 5.41) is 0.797. The minimum atomic E-state index is -3.67. The highest BCUT2D eigenvalue weighted by Gasteiger charge is 2.16. The number of nitrogens with one attached hydrogen (secondary N) is 1. The molecule has 0 fully saturated rings. The van der Waals surface area contributed by atoms with Crippen molar-refractivity contribution in [2.45, 2.75) is 17.1 Å². The third-order valence-electron chi connectivity index (χ3n) is 2.61. The van der Waals surface area contributed by atoms with Crippen LogP contribution in [0.5, 0.6) is 0 Å². The number of benzene rings is 1. The molecule has 1 heterocycles. The topological polar surface area (TPSA) is 59.1 Å². The van der Waals surface area contributed by atoms with Crippen LogP contribution in [0.1, 0.15) is 11.1 Å². The fraction of sp³-hybridized carbons (Fsp3) is 0.154. The van der Waals surface area contributed by atoms with Crippen molar-refractivity contribution in [1.29, 1.82) is 0 Å². The zero-order valence-electron chi connectivity index (χ0n) is 10.6. The van der Waals surface area contributed by atoms with Gasteiger partial charge in [0.25, 0.3) is 10.0 Å². The highest BCUT2D eigenvalue weighted by atomic mass is 79.9. The Morgan fingerprint density at radius 3 is 2.55 bits per heavy atom. The maximum absolute atomic E-state index is 12.3. The van der Waals surface area contributed by atoms with Crippen LogP contribution in [-0.4, -0.2) is 13.4 Å². The molecule has 1 N–H and O–H groups in total. The van der Waals surface area contributed by atoms with Crippen molar-refractivity contribution in [3.8, 4) is 0 Å². The maximum Gasteiger partial charge on any atom is 0.261 e. The van der Waals surface area contributed by atoms with E-state index in [1.165, 1.54) is 0 Å². The van der Waals surface area contributed by atoms with E-state index < -0.39 is 10.0 Å². The fourth-order valence-electron chi connectivity index (χ4n) is 1.59. The molecule has 0 saturated carbocycles. The summed E-state index contributed by atoms with van der Waals surface area (Å²) in [6.07, 6.45) is 1.57. The molecule has 2 rings (SSSR count). The Morgan fingerprint density at radius 1 is 1.30 bits per heavy atom. The molecule has 1 aromatic heterocycles. The third-order valence-corrected chi connectivity index (χ3v) is 4.94. The third kappa shape index (κ3) is 3.50. The molecule has 7 heteroatoms. The SMILES string of the molecule is Cc1cnc(Cl)c(NS(=O)(=O)c2ccc(CBr)cc2)c1. The molecule has 106 valence electrons. The number of halogens is 2. The van der Waals surface area contributed by atoms with Gasteiger partial charge >= 0.3 is 0 Å². The van der Waals surface area contributed by atoms with Crippen LogP contribution in [-0.2, 0) is 15.4 Å². The second kappa shape index (κ2) is 6.11. The molecule has 0 spiro atoms. The Morgan fingerprint density at radius 2 is 1.95 bits per heavy atom. The number of alkyl halides is 1. The minimum Gasteiger partial charge on any atom is -0.276 e. The first-order chi connectivity index (χ1) is 9.42. The molecule has 0 saturated heterocycles. The Labute approximate surface area is 131 Å². The monoisotopic (exact) mass is 374 g/mol. The smallest absolute Gasteiger partial charge is 0.261 e. The zero-order valence-corrected chi connectivity index (χ0v) is 13.8. The number of aromatic nitrogens is 1. The molecule has 0 bridgehead atoms. The Kier molecular flexibility index (Phi) is 4.67. The van der Waals surface area contributed by atoms with E-state index in [1.807, 2.05) is 6.92 Å².